The molecule has 1 heterocycles. The summed E-state index contributed by atoms with van der Waals surface area (Å²) in [6, 6.07) is 11.3. The number of hydrogen-bond acceptors (Lipinski definition) is 3. The van der Waals surface area contributed by atoms with E-state index >= 15 is 0 Å². The molecule has 0 fully saturated rings. The number of aromatic nitrogens is 1. The summed E-state index contributed by atoms with van der Waals surface area (Å²) < 4.78 is 0. The van der Waals surface area contributed by atoms with Crippen molar-refractivity contribution in [1.82, 2.24) is 9.88 Å². The lowest BCUT2D eigenvalue weighted by atomic mass is 10.0. The molecule has 0 saturated heterocycles. The molecule has 0 N–H and O–H groups in total. The SMILES string of the molecule is CCN(C)C=Nc1cc(C)c(Cc2nc(-c3ccc4c(c3)CCC4)cs2)cc1C. The number of aryl methyl sites for hydroxylation is 4. The number of benzene rings is 2. The lowest BCUT2D eigenvalue weighted by molar-refractivity contribution is 0.552. The van der Waals surface area contributed by atoms with Crippen molar-refractivity contribution in [2.75, 3.05) is 13.6 Å². The summed E-state index contributed by atoms with van der Waals surface area (Å²) in [7, 11) is 2.04. The van der Waals surface area contributed by atoms with Gasteiger partial charge in [0, 0.05) is 31.0 Å². The van der Waals surface area contributed by atoms with Gasteiger partial charge in [0.25, 0.3) is 0 Å². The molecule has 29 heavy (non-hydrogen) atoms. The number of rotatable bonds is 6. The third-order valence-corrected chi connectivity index (χ3v) is 6.68. The van der Waals surface area contributed by atoms with Crippen molar-refractivity contribution in [3.05, 3.63) is 68.5 Å². The second kappa shape index (κ2) is 8.50. The Morgan fingerprint density at radius 1 is 1.10 bits per heavy atom. The highest BCUT2D eigenvalue weighted by molar-refractivity contribution is 7.10. The lowest BCUT2D eigenvalue weighted by Gasteiger charge is -2.11. The Bertz CT molecular complexity index is 1050. The zero-order valence-electron chi connectivity index (χ0n) is 17.8. The van der Waals surface area contributed by atoms with Gasteiger partial charge in [0.2, 0.25) is 0 Å². The molecule has 0 atom stereocenters. The van der Waals surface area contributed by atoms with E-state index in [2.05, 4.69) is 66.4 Å². The van der Waals surface area contributed by atoms with Crippen molar-refractivity contribution in [3.8, 4) is 11.3 Å². The van der Waals surface area contributed by atoms with Crippen molar-refractivity contribution in [2.45, 2.75) is 46.5 Å². The van der Waals surface area contributed by atoms with Gasteiger partial charge in [0.1, 0.15) is 0 Å². The van der Waals surface area contributed by atoms with Gasteiger partial charge in [-0.15, -0.1) is 11.3 Å². The molecular formula is C25H29N3S. The number of nitrogens with zero attached hydrogens (tertiary/aromatic N) is 3. The fourth-order valence-electron chi connectivity index (χ4n) is 3.85. The first-order valence-corrected chi connectivity index (χ1v) is 11.3. The molecule has 3 nitrogen and oxygen atoms in total. The molecule has 4 heteroatoms. The van der Waals surface area contributed by atoms with Crippen molar-refractivity contribution in [3.63, 3.8) is 0 Å². The van der Waals surface area contributed by atoms with Crippen LogP contribution in [-0.4, -0.2) is 29.8 Å². The Morgan fingerprint density at radius 3 is 2.76 bits per heavy atom. The van der Waals surface area contributed by atoms with Crippen LogP contribution in [0.25, 0.3) is 11.3 Å². The number of thiazole rings is 1. The molecule has 0 amide bonds. The quantitative estimate of drug-likeness (QED) is 0.366. The highest BCUT2D eigenvalue weighted by Gasteiger charge is 2.13. The van der Waals surface area contributed by atoms with Crippen molar-refractivity contribution in [2.24, 2.45) is 4.99 Å². The Labute approximate surface area is 178 Å². The number of fused-ring (bicyclic) bond motifs is 1. The second-order valence-electron chi connectivity index (χ2n) is 8.02. The third kappa shape index (κ3) is 4.43. The number of hydrogen-bond donors (Lipinski definition) is 0. The van der Waals surface area contributed by atoms with Crippen LogP contribution in [0.5, 0.6) is 0 Å². The van der Waals surface area contributed by atoms with Gasteiger partial charge < -0.3 is 4.90 Å². The molecular weight excluding hydrogens is 374 g/mol. The predicted molar refractivity (Wildman–Crippen MR) is 125 cm³/mol. The van der Waals surface area contributed by atoms with E-state index in [4.69, 9.17) is 4.98 Å². The summed E-state index contributed by atoms with van der Waals surface area (Å²) >= 11 is 1.76. The van der Waals surface area contributed by atoms with E-state index in [-0.39, 0.29) is 0 Å². The fourth-order valence-corrected chi connectivity index (χ4v) is 4.68. The van der Waals surface area contributed by atoms with Crippen LogP contribution in [0.4, 0.5) is 5.69 Å². The Morgan fingerprint density at radius 2 is 1.93 bits per heavy atom. The van der Waals surface area contributed by atoms with Crippen LogP contribution in [0, 0.1) is 13.8 Å². The molecule has 2 aromatic carbocycles. The lowest BCUT2D eigenvalue weighted by Crippen LogP contribution is -2.14. The largest absolute Gasteiger partial charge is 0.366 e. The van der Waals surface area contributed by atoms with Crippen LogP contribution >= 0.6 is 11.3 Å². The van der Waals surface area contributed by atoms with E-state index in [1.165, 1.54) is 57.7 Å². The summed E-state index contributed by atoms with van der Waals surface area (Å²) in [6.45, 7) is 7.39. The molecule has 4 rings (SSSR count). The summed E-state index contributed by atoms with van der Waals surface area (Å²) in [5.74, 6) is 0. The van der Waals surface area contributed by atoms with Crippen LogP contribution in [0.1, 0.15) is 46.2 Å². The maximum atomic E-state index is 4.95. The van der Waals surface area contributed by atoms with Gasteiger partial charge in [0.15, 0.2) is 0 Å². The summed E-state index contributed by atoms with van der Waals surface area (Å²) in [5.41, 5.74) is 10.3. The number of aliphatic imine (C=N–C) groups is 1. The molecule has 1 aromatic heterocycles. The first-order chi connectivity index (χ1) is 14.0. The van der Waals surface area contributed by atoms with Crippen LogP contribution < -0.4 is 0 Å². The highest BCUT2D eigenvalue weighted by Crippen LogP contribution is 2.30. The first-order valence-electron chi connectivity index (χ1n) is 10.4. The standard InChI is InChI=1S/C25H29N3S/c1-5-28(4)16-26-23-12-17(2)22(11-18(23)3)14-25-27-24(15-29-25)21-10-9-19-7-6-8-20(19)13-21/h9-13,15-16H,5-8,14H2,1-4H3. The van der Waals surface area contributed by atoms with E-state index in [0.717, 1.165) is 24.3 Å². The molecule has 3 aromatic rings. The molecule has 0 saturated carbocycles. The van der Waals surface area contributed by atoms with Gasteiger partial charge in [-0.3, -0.25) is 0 Å². The normalized spacial score (nSPS) is 13.2. The van der Waals surface area contributed by atoms with Crippen LogP contribution in [0.2, 0.25) is 0 Å². The minimum absolute atomic E-state index is 0.876. The minimum atomic E-state index is 0.876. The maximum absolute atomic E-state index is 4.95. The molecule has 0 radical (unpaired) electrons. The van der Waals surface area contributed by atoms with Gasteiger partial charge in [-0.1, -0.05) is 18.2 Å². The van der Waals surface area contributed by atoms with Crippen molar-refractivity contribution < 1.29 is 0 Å². The smallest absolute Gasteiger partial charge is 0.0976 e. The maximum Gasteiger partial charge on any atom is 0.0976 e. The molecule has 0 aliphatic heterocycles. The molecule has 1 aliphatic rings. The molecule has 1 aliphatic carbocycles. The van der Waals surface area contributed by atoms with E-state index in [1.54, 1.807) is 11.3 Å². The summed E-state index contributed by atoms with van der Waals surface area (Å²) in [4.78, 5) is 11.7. The molecule has 0 bridgehead atoms. The Kier molecular flexibility index (Phi) is 5.81. The second-order valence-corrected chi connectivity index (χ2v) is 8.97. The predicted octanol–water partition coefficient (Wildman–Crippen LogP) is 6.12. The average Bonchev–Trinajstić information content (AvgIpc) is 3.37. The van der Waals surface area contributed by atoms with Crippen molar-refractivity contribution >= 4 is 23.4 Å². The van der Waals surface area contributed by atoms with Gasteiger partial charge in [0.05, 0.1) is 22.7 Å². The summed E-state index contributed by atoms with van der Waals surface area (Å²) in [6.07, 6.45) is 6.51. The van der Waals surface area contributed by atoms with E-state index in [9.17, 15) is 0 Å². The monoisotopic (exact) mass is 403 g/mol. The highest BCUT2D eigenvalue weighted by atomic mass is 32.1. The Hall–Kier alpha value is -2.46. The third-order valence-electron chi connectivity index (χ3n) is 5.83. The Balaban J connectivity index is 1.53. The van der Waals surface area contributed by atoms with E-state index in [1.807, 2.05) is 13.4 Å². The van der Waals surface area contributed by atoms with Gasteiger partial charge in [-0.2, -0.15) is 0 Å². The van der Waals surface area contributed by atoms with Gasteiger partial charge >= 0.3 is 0 Å². The van der Waals surface area contributed by atoms with Crippen LogP contribution in [0.15, 0.2) is 40.7 Å². The zero-order chi connectivity index (χ0) is 20.4. The first kappa shape index (κ1) is 19.8. The van der Waals surface area contributed by atoms with Gasteiger partial charge in [-0.25, -0.2) is 9.98 Å². The van der Waals surface area contributed by atoms with Crippen LogP contribution in [-0.2, 0) is 19.3 Å². The van der Waals surface area contributed by atoms with Crippen LogP contribution in [0.3, 0.4) is 0 Å². The van der Waals surface area contributed by atoms with E-state index < -0.39 is 0 Å². The van der Waals surface area contributed by atoms with E-state index in [0.29, 0.717) is 0 Å². The minimum Gasteiger partial charge on any atom is -0.366 e. The summed E-state index contributed by atoms with van der Waals surface area (Å²) in [5, 5.41) is 3.37. The molecule has 0 spiro atoms. The average molecular weight is 404 g/mol. The topological polar surface area (TPSA) is 28.5 Å². The van der Waals surface area contributed by atoms with Gasteiger partial charge in [-0.05, 0) is 80.0 Å². The molecule has 150 valence electrons. The molecule has 0 unspecified atom stereocenters. The van der Waals surface area contributed by atoms with Crippen molar-refractivity contribution in [1.29, 1.82) is 0 Å². The zero-order valence-corrected chi connectivity index (χ0v) is 18.6. The fraction of sp³-hybridized carbons (Fsp3) is 0.360.